The van der Waals surface area contributed by atoms with Gasteiger partial charge in [0.2, 0.25) is 0 Å². The number of hydrogen-bond acceptors (Lipinski definition) is 6. The van der Waals surface area contributed by atoms with Gasteiger partial charge in [-0.15, -0.1) is 0 Å². The summed E-state index contributed by atoms with van der Waals surface area (Å²) in [4.78, 5) is 27.3. The van der Waals surface area contributed by atoms with Crippen LogP contribution in [0.3, 0.4) is 0 Å². The van der Waals surface area contributed by atoms with Gasteiger partial charge in [0.05, 0.1) is 31.2 Å². The lowest BCUT2D eigenvalue weighted by atomic mass is 9.95. The zero-order valence-corrected chi connectivity index (χ0v) is 19.4. The van der Waals surface area contributed by atoms with Crippen LogP contribution in [-0.2, 0) is 24.9 Å². The van der Waals surface area contributed by atoms with Crippen molar-refractivity contribution in [1.82, 2.24) is 19.9 Å². The van der Waals surface area contributed by atoms with Crippen LogP contribution >= 0.6 is 0 Å². The molecule has 4 rings (SSSR count). The molecular weight excluding hydrogens is 404 g/mol. The SMILES string of the molecule is COc1ccc(OC)c(-c2ccc(CN3CCc4nc(C(C)(C)C)[nH]c(=O)c4C3)cn2)c1. The van der Waals surface area contributed by atoms with E-state index in [2.05, 4.69) is 41.7 Å². The maximum Gasteiger partial charge on any atom is 0.255 e. The standard InChI is InChI=1S/C25H30N4O3/c1-25(2,3)24-27-21-10-11-29(15-19(21)23(30)28-24)14-16-6-8-20(26-13-16)18-12-17(31-4)7-9-22(18)32-5/h6-9,12-13H,10-11,14-15H2,1-5H3,(H,27,28,30). The fourth-order valence-electron chi connectivity index (χ4n) is 3.92. The van der Waals surface area contributed by atoms with Gasteiger partial charge in [-0.3, -0.25) is 14.7 Å². The molecule has 0 saturated carbocycles. The largest absolute Gasteiger partial charge is 0.497 e. The van der Waals surface area contributed by atoms with Crippen molar-refractivity contribution >= 4 is 0 Å². The maximum atomic E-state index is 12.7. The quantitative estimate of drug-likeness (QED) is 0.660. The third-order valence-corrected chi connectivity index (χ3v) is 5.77. The number of benzene rings is 1. The van der Waals surface area contributed by atoms with Crippen molar-refractivity contribution in [3.63, 3.8) is 0 Å². The second-order valence-electron chi connectivity index (χ2n) is 9.17. The van der Waals surface area contributed by atoms with Gasteiger partial charge in [-0.2, -0.15) is 0 Å². The Balaban J connectivity index is 1.51. The number of methoxy groups -OCH3 is 2. The van der Waals surface area contributed by atoms with Gasteiger partial charge in [0.25, 0.3) is 5.56 Å². The van der Waals surface area contributed by atoms with Crippen molar-refractivity contribution in [3.05, 3.63) is 69.5 Å². The summed E-state index contributed by atoms with van der Waals surface area (Å²) in [5, 5.41) is 0. The number of nitrogens with zero attached hydrogens (tertiary/aromatic N) is 3. The predicted molar refractivity (Wildman–Crippen MR) is 124 cm³/mol. The van der Waals surface area contributed by atoms with Gasteiger partial charge in [0.15, 0.2) is 0 Å². The van der Waals surface area contributed by atoms with E-state index in [-0.39, 0.29) is 11.0 Å². The maximum absolute atomic E-state index is 12.7. The molecule has 7 heteroatoms. The zero-order chi connectivity index (χ0) is 22.9. The lowest BCUT2D eigenvalue weighted by Crippen LogP contribution is -2.37. The molecule has 0 bridgehead atoms. The topological polar surface area (TPSA) is 80.3 Å². The number of hydrogen-bond donors (Lipinski definition) is 1. The third kappa shape index (κ3) is 4.53. The van der Waals surface area contributed by atoms with Crippen LogP contribution in [0.5, 0.6) is 11.5 Å². The summed E-state index contributed by atoms with van der Waals surface area (Å²) >= 11 is 0. The Morgan fingerprint density at radius 2 is 1.94 bits per heavy atom. The predicted octanol–water partition coefficient (Wildman–Crippen LogP) is 3.70. The van der Waals surface area contributed by atoms with Gasteiger partial charge >= 0.3 is 0 Å². The minimum Gasteiger partial charge on any atom is -0.497 e. The zero-order valence-electron chi connectivity index (χ0n) is 19.4. The van der Waals surface area contributed by atoms with E-state index in [1.807, 2.05) is 30.5 Å². The number of H-pyrrole nitrogens is 1. The molecule has 0 saturated heterocycles. The fourth-order valence-corrected chi connectivity index (χ4v) is 3.92. The Bertz CT molecular complexity index is 1160. The molecule has 0 unspecified atom stereocenters. The molecule has 0 fully saturated rings. The summed E-state index contributed by atoms with van der Waals surface area (Å²) in [7, 11) is 3.29. The average Bonchev–Trinajstić information content (AvgIpc) is 2.79. The molecule has 3 aromatic rings. The first-order chi connectivity index (χ1) is 15.3. The molecule has 1 aromatic carbocycles. The summed E-state index contributed by atoms with van der Waals surface area (Å²) < 4.78 is 10.8. The van der Waals surface area contributed by atoms with Gasteiger partial charge in [0.1, 0.15) is 17.3 Å². The highest BCUT2D eigenvalue weighted by molar-refractivity contribution is 5.69. The van der Waals surface area contributed by atoms with E-state index in [4.69, 9.17) is 14.5 Å². The number of nitrogens with one attached hydrogen (secondary N) is 1. The fraction of sp³-hybridized carbons (Fsp3) is 0.400. The number of aromatic nitrogens is 3. The van der Waals surface area contributed by atoms with Crippen molar-refractivity contribution in [3.8, 4) is 22.8 Å². The minimum atomic E-state index is -0.176. The van der Waals surface area contributed by atoms with Gasteiger partial charge in [-0.05, 0) is 29.8 Å². The van der Waals surface area contributed by atoms with E-state index in [0.29, 0.717) is 6.54 Å². The molecule has 7 nitrogen and oxygen atoms in total. The Labute approximate surface area is 188 Å². The molecule has 0 amide bonds. The monoisotopic (exact) mass is 434 g/mol. The van der Waals surface area contributed by atoms with E-state index < -0.39 is 0 Å². The highest BCUT2D eigenvalue weighted by atomic mass is 16.5. The number of pyridine rings is 1. The Kier molecular flexibility index (Phi) is 6.02. The lowest BCUT2D eigenvalue weighted by Gasteiger charge is -2.29. The summed E-state index contributed by atoms with van der Waals surface area (Å²) in [5.74, 6) is 2.26. The van der Waals surface area contributed by atoms with Gasteiger partial charge in [-0.25, -0.2) is 4.98 Å². The van der Waals surface area contributed by atoms with E-state index >= 15 is 0 Å². The number of fused-ring (bicyclic) bond motifs is 1. The Morgan fingerprint density at radius 1 is 1.12 bits per heavy atom. The summed E-state index contributed by atoms with van der Waals surface area (Å²) in [6, 6.07) is 9.74. The van der Waals surface area contributed by atoms with Crippen LogP contribution in [0.25, 0.3) is 11.3 Å². The smallest absolute Gasteiger partial charge is 0.255 e. The molecule has 0 spiro atoms. The molecule has 0 atom stereocenters. The highest BCUT2D eigenvalue weighted by Gasteiger charge is 2.25. The average molecular weight is 435 g/mol. The molecule has 1 N–H and O–H groups in total. The van der Waals surface area contributed by atoms with Crippen LogP contribution in [0, 0.1) is 0 Å². The van der Waals surface area contributed by atoms with Crippen molar-refractivity contribution < 1.29 is 9.47 Å². The molecular formula is C25H30N4O3. The van der Waals surface area contributed by atoms with E-state index in [0.717, 1.165) is 64.9 Å². The second kappa shape index (κ2) is 8.74. The molecule has 32 heavy (non-hydrogen) atoms. The van der Waals surface area contributed by atoms with Crippen molar-refractivity contribution in [2.75, 3.05) is 20.8 Å². The first kappa shape index (κ1) is 22.0. The summed E-state index contributed by atoms with van der Waals surface area (Å²) in [6.45, 7) is 8.36. The highest BCUT2D eigenvalue weighted by Crippen LogP contribution is 2.32. The molecule has 168 valence electrons. The van der Waals surface area contributed by atoms with Crippen LogP contribution in [0.2, 0.25) is 0 Å². The van der Waals surface area contributed by atoms with E-state index in [1.165, 1.54) is 0 Å². The van der Waals surface area contributed by atoms with Crippen LogP contribution < -0.4 is 15.0 Å². The number of ether oxygens (including phenoxy) is 2. The van der Waals surface area contributed by atoms with Crippen LogP contribution in [0.4, 0.5) is 0 Å². The number of rotatable bonds is 5. The normalized spacial score (nSPS) is 14.2. The van der Waals surface area contributed by atoms with Crippen molar-refractivity contribution in [2.45, 2.75) is 45.7 Å². The van der Waals surface area contributed by atoms with Crippen LogP contribution in [-0.4, -0.2) is 40.6 Å². The Hall–Kier alpha value is -3.19. The molecule has 0 aliphatic carbocycles. The van der Waals surface area contributed by atoms with Gasteiger partial charge < -0.3 is 14.5 Å². The molecule has 1 aliphatic heterocycles. The van der Waals surface area contributed by atoms with Crippen LogP contribution in [0.15, 0.2) is 41.3 Å². The molecule has 3 heterocycles. The lowest BCUT2D eigenvalue weighted by molar-refractivity contribution is 0.240. The van der Waals surface area contributed by atoms with Crippen LogP contribution in [0.1, 0.15) is 43.4 Å². The summed E-state index contributed by atoms with van der Waals surface area (Å²) in [6.07, 6.45) is 2.66. The molecule has 2 aromatic heterocycles. The molecule has 0 radical (unpaired) electrons. The second-order valence-corrected chi connectivity index (χ2v) is 9.17. The minimum absolute atomic E-state index is 0.0248. The Morgan fingerprint density at radius 3 is 2.59 bits per heavy atom. The van der Waals surface area contributed by atoms with E-state index in [9.17, 15) is 4.79 Å². The first-order valence-corrected chi connectivity index (χ1v) is 10.8. The third-order valence-electron chi connectivity index (χ3n) is 5.77. The van der Waals surface area contributed by atoms with Crippen molar-refractivity contribution in [1.29, 1.82) is 0 Å². The number of aromatic amines is 1. The van der Waals surface area contributed by atoms with E-state index in [1.54, 1.807) is 14.2 Å². The van der Waals surface area contributed by atoms with Gasteiger partial charge in [-0.1, -0.05) is 26.8 Å². The molecule has 1 aliphatic rings. The summed E-state index contributed by atoms with van der Waals surface area (Å²) in [5.41, 5.74) is 4.30. The van der Waals surface area contributed by atoms with Crippen molar-refractivity contribution in [2.24, 2.45) is 0 Å². The first-order valence-electron chi connectivity index (χ1n) is 10.8. The van der Waals surface area contributed by atoms with Gasteiger partial charge in [0, 0.05) is 43.2 Å².